The van der Waals surface area contributed by atoms with Crippen molar-refractivity contribution < 1.29 is 0 Å². The van der Waals surface area contributed by atoms with Gasteiger partial charge in [-0.25, -0.2) is 9.97 Å². The molecule has 5 heteroatoms. The van der Waals surface area contributed by atoms with E-state index in [1.807, 2.05) is 14.0 Å². The largest absolute Gasteiger partial charge is 0.372 e. The van der Waals surface area contributed by atoms with E-state index >= 15 is 0 Å². The Morgan fingerprint density at radius 2 is 2.25 bits per heavy atom. The van der Waals surface area contributed by atoms with Gasteiger partial charge in [0, 0.05) is 7.05 Å². The van der Waals surface area contributed by atoms with Gasteiger partial charge in [0.05, 0.1) is 11.1 Å². The van der Waals surface area contributed by atoms with Crippen molar-refractivity contribution in [2.24, 2.45) is 0 Å². The predicted octanol–water partition coefficient (Wildman–Crippen LogP) is 0.703. The summed E-state index contributed by atoms with van der Waals surface area (Å²) in [6, 6.07) is 0. The van der Waals surface area contributed by atoms with Crippen LogP contribution < -0.4 is 5.32 Å². The van der Waals surface area contributed by atoms with Crippen LogP contribution in [0.15, 0.2) is 6.33 Å². The zero-order valence-corrected chi connectivity index (χ0v) is 6.92. The lowest BCUT2D eigenvalue weighted by Gasteiger charge is -1.98. The highest BCUT2D eigenvalue weighted by atomic mass is 15.2. The number of anilines is 1. The third-order valence-corrected chi connectivity index (χ3v) is 1.78. The van der Waals surface area contributed by atoms with Crippen molar-refractivity contribution in [1.29, 1.82) is 0 Å². The van der Waals surface area contributed by atoms with Crippen molar-refractivity contribution in [3.05, 3.63) is 12.0 Å². The van der Waals surface area contributed by atoms with E-state index in [0.29, 0.717) is 0 Å². The molecule has 0 atom stereocenters. The Balaban J connectivity index is 2.84. The van der Waals surface area contributed by atoms with Crippen molar-refractivity contribution in [1.82, 2.24) is 20.2 Å². The van der Waals surface area contributed by atoms with Crippen LogP contribution in [0, 0.1) is 6.92 Å². The van der Waals surface area contributed by atoms with E-state index in [9.17, 15) is 0 Å². The Labute approximate surface area is 69.2 Å². The molecule has 0 fully saturated rings. The number of aromatic amines is 1. The number of fused-ring (bicyclic) bond motifs is 1. The number of aryl methyl sites for hydroxylation is 1. The van der Waals surface area contributed by atoms with Gasteiger partial charge in [0.25, 0.3) is 0 Å². The van der Waals surface area contributed by atoms with Crippen LogP contribution in [0.3, 0.4) is 0 Å². The van der Waals surface area contributed by atoms with Crippen LogP contribution in [0.25, 0.3) is 11.0 Å². The quantitative estimate of drug-likeness (QED) is 0.649. The van der Waals surface area contributed by atoms with Crippen molar-refractivity contribution in [2.45, 2.75) is 6.92 Å². The first-order chi connectivity index (χ1) is 5.83. The minimum atomic E-state index is 0.770. The lowest BCUT2D eigenvalue weighted by atomic mass is 10.3. The molecular weight excluding hydrogens is 154 g/mol. The summed E-state index contributed by atoms with van der Waals surface area (Å²) in [5.74, 6) is 0.811. The smallest absolute Gasteiger partial charge is 0.160 e. The lowest BCUT2D eigenvalue weighted by Crippen LogP contribution is -1.93. The van der Waals surface area contributed by atoms with Crippen LogP contribution in [-0.4, -0.2) is 27.2 Å². The molecule has 2 rings (SSSR count). The third-order valence-electron chi connectivity index (χ3n) is 1.78. The van der Waals surface area contributed by atoms with E-state index in [-0.39, 0.29) is 0 Å². The number of nitrogens with zero attached hydrogens (tertiary/aromatic N) is 3. The summed E-state index contributed by atoms with van der Waals surface area (Å²) < 4.78 is 0. The maximum Gasteiger partial charge on any atom is 0.160 e. The molecule has 2 aromatic rings. The summed E-state index contributed by atoms with van der Waals surface area (Å²) in [4.78, 5) is 8.12. The molecule has 2 heterocycles. The molecule has 0 aliphatic rings. The monoisotopic (exact) mass is 163 g/mol. The van der Waals surface area contributed by atoms with Crippen LogP contribution in [0.4, 0.5) is 5.82 Å². The summed E-state index contributed by atoms with van der Waals surface area (Å²) in [5.41, 5.74) is 1.68. The Morgan fingerprint density at radius 1 is 1.42 bits per heavy atom. The minimum Gasteiger partial charge on any atom is -0.372 e. The number of nitrogens with one attached hydrogen (secondary N) is 2. The maximum atomic E-state index is 4.08. The fraction of sp³-hybridized carbons (Fsp3) is 0.286. The van der Waals surface area contributed by atoms with E-state index in [4.69, 9.17) is 0 Å². The SMILES string of the molecule is CNc1ncnc2[nH]nc(C)c12. The molecule has 2 N–H and O–H groups in total. The Hall–Kier alpha value is -1.65. The van der Waals surface area contributed by atoms with Crippen molar-refractivity contribution in [3.8, 4) is 0 Å². The maximum absolute atomic E-state index is 4.08. The molecule has 0 radical (unpaired) electrons. The Kier molecular flexibility index (Phi) is 1.43. The fourth-order valence-corrected chi connectivity index (χ4v) is 1.20. The van der Waals surface area contributed by atoms with Gasteiger partial charge in [-0.05, 0) is 6.92 Å². The van der Waals surface area contributed by atoms with E-state index in [1.54, 1.807) is 0 Å². The molecule has 5 nitrogen and oxygen atoms in total. The summed E-state index contributed by atoms with van der Waals surface area (Å²) in [7, 11) is 1.83. The normalized spacial score (nSPS) is 10.5. The third kappa shape index (κ3) is 0.827. The molecular formula is C7H9N5. The average Bonchev–Trinajstić information content (AvgIpc) is 2.48. The second-order valence-corrected chi connectivity index (χ2v) is 2.50. The lowest BCUT2D eigenvalue weighted by molar-refractivity contribution is 1.05. The van der Waals surface area contributed by atoms with Crippen LogP contribution >= 0.6 is 0 Å². The Morgan fingerprint density at radius 3 is 3.00 bits per heavy atom. The van der Waals surface area contributed by atoms with Crippen molar-refractivity contribution in [3.63, 3.8) is 0 Å². The highest BCUT2D eigenvalue weighted by Crippen LogP contribution is 2.19. The van der Waals surface area contributed by atoms with Gasteiger partial charge in [0.2, 0.25) is 0 Å². The summed E-state index contributed by atoms with van der Waals surface area (Å²) in [5, 5.41) is 10.8. The first-order valence-corrected chi connectivity index (χ1v) is 3.66. The number of aromatic nitrogens is 4. The molecule has 0 aliphatic carbocycles. The van der Waals surface area contributed by atoms with Crippen molar-refractivity contribution >= 4 is 16.9 Å². The number of hydrogen-bond acceptors (Lipinski definition) is 4. The summed E-state index contributed by atoms with van der Waals surface area (Å²) in [6.45, 7) is 1.92. The van der Waals surface area contributed by atoms with E-state index in [2.05, 4.69) is 25.5 Å². The zero-order valence-electron chi connectivity index (χ0n) is 6.92. The second kappa shape index (κ2) is 2.44. The molecule has 0 bridgehead atoms. The van der Waals surface area contributed by atoms with Gasteiger partial charge in [0.1, 0.15) is 12.1 Å². The molecule has 0 aliphatic heterocycles. The van der Waals surface area contributed by atoms with Gasteiger partial charge in [-0.2, -0.15) is 5.10 Å². The number of H-pyrrole nitrogens is 1. The first kappa shape index (κ1) is 7.02. The molecule has 0 unspecified atom stereocenters. The van der Waals surface area contributed by atoms with Gasteiger partial charge < -0.3 is 5.32 Å². The topological polar surface area (TPSA) is 66.5 Å². The molecule has 0 aromatic carbocycles. The van der Waals surface area contributed by atoms with E-state index < -0.39 is 0 Å². The molecule has 0 spiro atoms. The van der Waals surface area contributed by atoms with E-state index in [1.165, 1.54) is 6.33 Å². The zero-order chi connectivity index (χ0) is 8.55. The van der Waals surface area contributed by atoms with Gasteiger partial charge in [0.15, 0.2) is 5.65 Å². The second-order valence-electron chi connectivity index (χ2n) is 2.50. The van der Waals surface area contributed by atoms with Crippen LogP contribution in [0.1, 0.15) is 5.69 Å². The molecule has 2 aromatic heterocycles. The minimum absolute atomic E-state index is 0.770. The Bertz CT molecular complexity index is 405. The van der Waals surface area contributed by atoms with Crippen LogP contribution in [-0.2, 0) is 0 Å². The molecule has 0 amide bonds. The molecule has 0 saturated heterocycles. The van der Waals surface area contributed by atoms with Crippen molar-refractivity contribution in [2.75, 3.05) is 12.4 Å². The molecule has 12 heavy (non-hydrogen) atoms. The van der Waals surface area contributed by atoms with Gasteiger partial charge in [-0.15, -0.1) is 0 Å². The highest BCUT2D eigenvalue weighted by molar-refractivity contribution is 5.88. The van der Waals surface area contributed by atoms with Crippen LogP contribution in [0.5, 0.6) is 0 Å². The average molecular weight is 163 g/mol. The summed E-state index contributed by atoms with van der Waals surface area (Å²) >= 11 is 0. The number of rotatable bonds is 1. The van der Waals surface area contributed by atoms with Gasteiger partial charge in [-0.1, -0.05) is 0 Å². The van der Waals surface area contributed by atoms with Gasteiger partial charge in [-0.3, -0.25) is 5.10 Å². The number of hydrogen-bond donors (Lipinski definition) is 2. The predicted molar refractivity (Wildman–Crippen MR) is 46.0 cm³/mol. The van der Waals surface area contributed by atoms with Gasteiger partial charge >= 0.3 is 0 Å². The standard InChI is InChI=1S/C7H9N5/c1-4-5-6(8-2)9-3-10-7(5)12-11-4/h3H,1-2H3,(H2,8,9,10,11,12). The van der Waals surface area contributed by atoms with E-state index in [0.717, 1.165) is 22.5 Å². The summed E-state index contributed by atoms with van der Waals surface area (Å²) in [6.07, 6.45) is 1.51. The molecule has 62 valence electrons. The van der Waals surface area contributed by atoms with Crippen LogP contribution in [0.2, 0.25) is 0 Å². The fourth-order valence-electron chi connectivity index (χ4n) is 1.20. The highest BCUT2D eigenvalue weighted by Gasteiger charge is 2.06. The molecule has 0 saturated carbocycles. The first-order valence-electron chi connectivity index (χ1n) is 3.66.